The molecule has 0 N–H and O–H groups in total. The Balaban J connectivity index is 1.26. The molecule has 0 saturated carbocycles. The molecule has 2 aromatic rings. The van der Waals surface area contributed by atoms with Gasteiger partial charge in [-0.1, -0.05) is 36.4 Å². The third-order valence-electron chi connectivity index (χ3n) is 6.17. The number of aryl methyl sites for hydroxylation is 1. The molecule has 2 saturated heterocycles. The minimum atomic E-state index is 0.535. The van der Waals surface area contributed by atoms with Crippen molar-refractivity contribution in [2.45, 2.75) is 38.6 Å². The highest BCUT2D eigenvalue weighted by atomic mass is 15.2. The zero-order chi connectivity index (χ0) is 17.7. The summed E-state index contributed by atoms with van der Waals surface area (Å²) in [5.41, 5.74) is 3.36. The second kappa shape index (κ2) is 8.32. The molecular weight excluding hydrogens is 318 g/mol. The van der Waals surface area contributed by atoms with Crippen LogP contribution in [0.25, 0.3) is 0 Å². The molecule has 138 valence electrons. The largest absolute Gasteiger partial charge is 0.303 e. The maximum Gasteiger partial charge on any atom is 0.0312 e. The van der Waals surface area contributed by atoms with Gasteiger partial charge in [-0.15, -0.1) is 0 Å². The van der Waals surface area contributed by atoms with Crippen LogP contribution in [-0.2, 0) is 13.0 Å². The number of hydrogen-bond donors (Lipinski definition) is 0. The van der Waals surface area contributed by atoms with Crippen LogP contribution in [0.5, 0.6) is 0 Å². The zero-order valence-corrected chi connectivity index (χ0v) is 15.8. The van der Waals surface area contributed by atoms with E-state index in [9.17, 15) is 0 Å². The van der Waals surface area contributed by atoms with Gasteiger partial charge in [-0.3, -0.25) is 9.88 Å². The van der Waals surface area contributed by atoms with Crippen LogP contribution in [0.15, 0.2) is 54.9 Å². The molecule has 4 rings (SSSR count). The van der Waals surface area contributed by atoms with Gasteiger partial charge in [0.25, 0.3) is 0 Å². The van der Waals surface area contributed by atoms with Gasteiger partial charge in [0.2, 0.25) is 0 Å². The Morgan fingerprint density at radius 2 is 1.73 bits per heavy atom. The number of pyridine rings is 1. The fraction of sp³-hybridized carbons (Fsp3) is 0.522. The van der Waals surface area contributed by atoms with Crippen LogP contribution in [0.4, 0.5) is 0 Å². The Morgan fingerprint density at radius 3 is 2.58 bits per heavy atom. The predicted molar refractivity (Wildman–Crippen MR) is 107 cm³/mol. The minimum Gasteiger partial charge on any atom is -0.303 e. The Morgan fingerprint density at radius 1 is 0.885 bits per heavy atom. The van der Waals surface area contributed by atoms with Crippen molar-refractivity contribution >= 4 is 0 Å². The number of benzene rings is 1. The highest BCUT2D eigenvalue weighted by Crippen LogP contribution is 2.39. The molecule has 1 unspecified atom stereocenters. The van der Waals surface area contributed by atoms with Gasteiger partial charge in [-0.2, -0.15) is 0 Å². The van der Waals surface area contributed by atoms with E-state index in [0.717, 1.165) is 6.54 Å². The van der Waals surface area contributed by atoms with Gasteiger partial charge in [0.15, 0.2) is 0 Å². The minimum absolute atomic E-state index is 0.535. The van der Waals surface area contributed by atoms with E-state index in [1.807, 2.05) is 12.4 Å². The van der Waals surface area contributed by atoms with Gasteiger partial charge in [0.1, 0.15) is 0 Å². The first-order valence-electron chi connectivity index (χ1n) is 10.2. The summed E-state index contributed by atoms with van der Waals surface area (Å²) in [6, 6.07) is 15.2. The molecule has 0 amide bonds. The first-order chi connectivity index (χ1) is 12.8. The molecule has 3 nitrogen and oxygen atoms in total. The highest BCUT2D eigenvalue weighted by molar-refractivity contribution is 5.14. The third-order valence-corrected chi connectivity index (χ3v) is 6.17. The number of piperidine rings is 1. The lowest BCUT2D eigenvalue weighted by atomic mass is 9.79. The fourth-order valence-electron chi connectivity index (χ4n) is 4.90. The van der Waals surface area contributed by atoms with E-state index in [-0.39, 0.29) is 0 Å². The lowest BCUT2D eigenvalue weighted by Crippen LogP contribution is -2.45. The van der Waals surface area contributed by atoms with E-state index < -0.39 is 0 Å². The number of likely N-dealkylation sites (tertiary alicyclic amines) is 2. The summed E-state index contributed by atoms with van der Waals surface area (Å²) in [7, 11) is 0. The van der Waals surface area contributed by atoms with Crippen molar-refractivity contribution in [3.05, 3.63) is 66.0 Å². The summed E-state index contributed by atoms with van der Waals surface area (Å²) in [4.78, 5) is 9.65. The van der Waals surface area contributed by atoms with Crippen LogP contribution in [0.1, 0.15) is 36.8 Å². The van der Waals surface area contributed by atoms with Crippen molar-refractivity contribution in [3.63, 3.8) is 0 Å². The first-order valence-corrected chi connectivity index (χ1v) is 10.2. The van der Waals surface area contributed by atoms with Crippen molar-refractivity contribution in [2.75, 3.05) is 32.7 Å². The fourth-order valence-corrected chi connectivity index (χ4v) is 4.90. The number of nitrogens with zero attached hydrogens (tertiary/aromatic N) is 3. The summed E-state index contributed by atoms with van der Waals surface area (Å²) in [6.07, 6.45) is 10.5. The van der Waals surface area contributed by atoms with E-state index in [1.54, 1.807) is 0 Å². The van der Waals surface area contributed by atoms with Gasteiger partial charge in [-0.25, -0.2) is 0 Å². The van der Waals surface area contributed by atoms with Crippen LogP contribution in [-0.4, -0.2) is 47.5 Å². The molecule has 0 radical (unpaired) electrons. The highest BCUT2D eigenvalue weighted by Gasteiger charge is 2.40. The van der Waals surface area contributed by atoms with E-state index in [2.05, 4.69) is 57.2 Å². The Bertz CT molecular complexity index is 672. The van der Waals surface area contributed by atoms with E-state index in [1.165, 1.54) is 76.0 Å². The summed E-state index contributed by atoms with van der Waals surface area (Å²) in [6.45, 7) is 7.40. The van der Waals surface area contributed by atoms with Crippen LogP contribution >= 0.6 is 0 Å². The normalized spacial score (nSPS) is 24.3. The van der Waals surface area contributed by atoms with Crippen molar-refractivity contribution in [2.24, 2.45) is 5.41 Å². The molecule has 1 spiro atoms. The lowest BCUT2D eigenvalue weighted by molar-refractivity contribution is 0.0911. The topological polar surface area (TPSA) is 19.4 Å². The van der Waals surface area contributed by atoms with Crippen molar-refractivity contribution in [1.29, 1.82) is 0 Å². The molecule has 2 fully saturated rings. The summed E-state index contributed by atoms with van der Waals surface area (Å²) in [5.74, 6) is 0. The first kappa shape index (κ1) is 17.7. The average Bonchev–Trinajstić information content (AvgIpc) is 3.05. The van der Waals surface area contributed by atoms with E-state index >= 15 is 0 Å². The molecule has 3 heterocycles. The van der Waals surface area contributed by atoms with Gasteiger partial charge in [-0.05, 0) is 74.3 Å². The summed E-state index contributed by atoms with van der Waals surface area (Å²) >= 11 is 0. The monoisotopic (exact) mass is 349 g/mol. The average molecular weight is 350 g/mol. The smallest absolute Gasteiger partial charge is 0.0312 e. The molecule has 0 bridgehead atoms. The number of hydrogen-bond acceptors (Lipinski definition) is 3. The number of aromatic nitrogens is 1. The second-order valence-electron chi connectivity index (χ2n) is 8.29. The number of rotatable bonds is 6. The van der Waals surface area contributed by atoms with Gasteiger partial charge in [0, 0.05) is 32.0 Å². The summed E-state index contributed by atoms with van der Waals surface area (Å²) in [5, 5.41) is 0. The molecule has 26 heavy (non-hydrogen) atoms. The molecular formula is C23H31N3. The van der Waals surface area contributed by atoms with Gasteiger partial charge >= 0.3 is 0 Å². The summed E-state index contributed by atoms with van der Waals surface area (Å²) < 4.78 is 0. The third kappa shape index (κ3) is 4.52. The molecule has 2 aliphatic heterocycles. The quantitative estimate of drug-likeness (QED) is 0.786. The van der Waals surface area contributed by atoms with Crippen LogP contribution in [0.2, 0.25) is 0 Å². The van der Waals surface area contributed by atoms with Crippen molar-refractivity contribution < 1.29 is 0 Å². The maximum atomic E-state index is 4.27. The van der Waals surface area contributed by atoms with Gasteiger partial charge < -0.3 is 4.90 Å². The lowest BCUT2D eigenvalue weighted by Gasteiger charge is -2.40. The Kier molecular flexibility index (Phi) is 5.66. The van der Waals surface area contributed by atoms with Crippen LogP contribution in [0, 0.1) is 5.41 Å². The van der Waals surface area contributed by atoms with Crippen LogP contribution in [0.3, 0.4) is 0 Å². The molecule has 2 aliphatic rings. The second-order valence-corrected chi connectivity index (χ2v) is 8.29. The molecule has 3 heteroatoms. The molecule has 1 atom stereocenters. The predicted octanol–water partition coefficient (Wildman–Crippen LogP) is 4.00. The molecule has 1 aromatic heterocycles. The standard InChI is InChI=1S/C23H31N3/c1-2-7-21(8-3-1)10-5-14-25-15-6-11-23(19-25)12-16-26(20-23)18-22-9-4-13-24-17-22/h1-4,7-9,13,17H,5-6,10-12,14-16,18-20H2. The van der Waals surface area contributed by atoms with Crippen LogP contribution < -0.4 is 0 Å². The molecule has 0 aliphatic carbocycles. The van der Waals surface area contributed by atoms with Crippen molar-refractivity contribution in [1.82, 2.24) is 14.8 Å². The van der Waals surface area contributed by atoms with Gasteiger partial charge in [0.05, 0.1) is 0 Å². The SMILES string of the molecule is c1ccc(CCCN2CCCC3(CCN(Cc4cccnc4)C3)C2)cc1. The van der Waals surface area contributed by atoms with Crippen molar-refractivity contribution in [3.8, 4) is 0 Å². The van der Waals surface area contributed by atoms with E-state index in [0.29, 0.717) is 5.41 Å². The Hall–Kier alpha value is -1.71. The van der Waals surface area contributed by atoms with E-state index in [4.69, 9.17) is 0 Å². The maximum absolute atomic E-state index is 4.27. The molecule has 1 aromatic carbocycles. The zero-order valence-electron chi connectivity index (χ0n) is 15.8. The Labute approximate surface area is 158 Å².